The number of methoxy groups -OCH3 is 1. The highest BCUT2D eigenvalue weighted by atomic mass is 16.5. The second-order valence-corrected chi connectivity index (χ2v) is 6.79. The lowest BCUT2D eigenvalue weighted by Crippen LogP contribution is -2.45. The molecule has 1 aromatic carbocycles. The Labute approximate surface area is 144 Å². The van der Waals surface area contributed by atoms with Crippen molar-refractivity contribution in [3.8, 4) is 0 Å². The van der Waals surface area contributed by atoms with E-state index >= 15 is 0 Å². The van der Waals surface area contributed by atoms with Gasteiger partial charge in [0.25, 0.3) is 0 Å². The molecule has 24 heavy (non-hydrogen) atoms. The van der Waals surface area contributed by atoms with Crippen LogP contribution in [0.1, 0.15) is 30.9 Å². The molecule has 2 saturated heterocycles. The number of hydrogen-bond donors (Lipinski definition) is 1. The van der Waals surface area contributed by atoms with Crippen molar-refractivity contribution in [1.82, 2.24) is 10.2 Å². The van der Waals surface area contributed by atoms with Gasteiger partial charge in [0.2, 0.25) is 0 Å². The topological polar surface area (TPSA) is 50.8 Å². The molecule has 2 heterocycles. The van der Waals surface area contributed by atoms with Crippen molar-refractivity contribution in [2.75, 3.05) is 39.9 Å². The van der Waals surface area contributed by atoms with E-state index in [9.17, 15) is 4.79 Å². The van der Waals surface area contributed by atoms with E-state index in [2.05, 4.69) is 34.5 Å². The summed E-state index contributed by atoms with van der Waals surface area (Å²) in [6, 6.07) is 11.1. The van der Waals surface area contributed by atoms with Gasteiger partial charge in [-0.15, -0.1) is 0 Å². The molecule has 0 radical (unpaired) electrons. The molecule has 5 heteroatoms. The molecule has 0 aliphatic carbocycles. The number of rotatable bonds is 6. The third-order valence-corrected chi connectivity index (χ3v) is 5.18. The van der Waals surface area contributed by atoms with E-state index in [1.54, 1.807) is 0 Å². The number of ether oxygens (including phenoxy) is 2. The van der Waals surface area contributed by atoms with Crippen molar-refractivity contribution >= 4 is 5.97 Å². The fourth-order valence-corrected chi connectivity index (χ4v) is 3.71. The Kier molecular flexibility index (Phi) is 6.24. The summed E-state index contributed by atoms with van der Waals surface area (Å²) in [5.74, 6) is 0.399. The number of nitrogens with zero attached hydrogens (tertiary/aromatic N) is 1. The quantitative estimate of drug-likeness (QED) is 0.808. The average molecular weight is 332 g/mol. The van der Waals surface area contributed by atoms with E-state index in [0.717, 1.165) is 45.5 Å². The van der Waals surface area contributed by atoms with Gasteiger partial charge in [-0.2, -0.15) is 0 Å². The molecule has 0 saturated carbocycles. The third-order valence-electron chi connectivity index (χ3n) is 5.18. The molecule has 2 fully saturated rings. The molecule has 0 amide bonds. The van der Waals surface area contributed by atoms with E-state index in [1.807, 2.05) is 6.07 Å². The lowest BCUT2D eigenvalue weighted by Gasteiger charge is -2.32. The number of benzene rings is 1. The molecule has 0 aromatic heterocycles. The van der Waals surface area contributed by atoms with Gasteiger partial charge in [-0.3, -0.25) is 9.69 Å². The maximum absolute atomic E-state index is 11.3. The predicted octanol–water partition coefficient (Wildman–Crippen LogP) is 1.99. The fourth-order valence-electron chi connectivity index (χ4n) is 3.71. The van der Waals surface area contributed by atoms with Crippen LogP contribution in [0.15, 0.2) is 30.3 Å². The molecule has 1 aromatic rings. The minimum Gasteiger partial charge on any atom is -0.468 e. The van der Waals surface area contributed by atoms with Gasteiger partial charge in [-0.1, -0.05) is 30.3 Å². The molecular weight excluding hydrogens is 304 g/mol. The summed E-state index contributed by atoms with van der Waals surface area (Å²) in [6.45, 7) is 4.17. The Bertz CT molecular complexity index is 515. The summed E-state index contributed by atoms with van der Waals surface area (Å²) in [6.07, 6.45) is 3.51. The number of likely N-dealkylation sites (tertiary alicyclic amines) is 1. The number of carbonyl (C=O) groups excluding carboxylic acids is 1. The smallest absolute Gasteiger partial charge is 0.319 e. The summed E-state index contributed by atoms with van der Waals surface area (Å²) in [5.41, 5.74) is 1.29. The maximum Gasteiger partial charge on any atom is 0.319 e. The lowest BCUT2D eigenvalue weighted by molar-refractivity contribution is -0.142. The van der Waals surface area contributed by atoms with Crippen LogP contribution in [0.4, 0.5) is 0 Å². The van der Waals surface area contributed by atoms with Crippen molar-refractivity contribution < 1.29 is 14.3 Å². The Morgan fingerprint density at radius 3 is 2.71 bits per heavy atom. The van der Waals surface area contributed by atoms with Crippen LogP contribution in [0, 0.1) is 5.92 Å². The van der Waals surface area contributed by atoms with E-state index in [4.69, 9.17) is 9.47 Å². The van der Waals surface area contributed by atoms with Crippen LogP contribution < -0.4 is 5.32 Å². The number of piperidine rings is 1. The van der Waals surface area contributed by atoms with Crippen molar-refractivity contribution in [3.63, 3.8) is 0 Å². The van der Waals surface area contributed by atoms with Crippen LogP contribution in [0.25, 0.3) is 0 Å². The number of hydrogen-bond acceptors (Lipinski definition) is 5. The SMILES string of the molecule is COC(=O)CN1CCC(NC[C@@H]2CCO[C@H]2c2ccccc2)CC1. The Hall–Kier alpha value is -1.43. The summed E-state index contributed by atoms with van der Waals surface area (Å²) < 4.78 is 10.7. The zero-order chi connectivity index (χ0) is 16.8. The summed E-state index contributed by atoms with van der Waals surface area (Å²) in [5, 5.41) is 3.73. The van der Waals surface area contributed by atoms with E-state index < -0.39 is 0 Å². The zero-order valence-corrected chi connectivity index (χ0v) is 14.4. The average Bonchev–Trinajstić information content (AvgIpc) is 3.10. The molecule has 3 rings (SSSR count). The first kappa shape index (κ1) is 17.4. The molecular formula is C19H28N2O3. The van der Waals surface area contributed by atoms with Crippen LogP contribution in [0.3, 0.4) is 0 Å². The van der Waals surface area contributed by atoms with E-state index in [0.29, 0.717) is 18.5 Å². The molecule has 2 aliphatic heterocycles. The van der Waals surface area contributed by atoms with Gasteiger partial charge in [0, 0.05) is 38.2 Å². The van der Waals surface area contributed by atoms with Crippen molar-refractivity contribution in [1.29, 1.82) is 0 Å². The molecule has 132 valence electrons. The van der Waals surface area contributed by atoms with Crippen LogP contribution in [0.2, 0.25) is 0 Å². The highest BCUT2D eigenvalue weighted by molar-refractivity contribution is 5.71. The first-order valence-electron chi connectivity index (χ1n) is 8.95. The fraction of sp³-hybridized carbons (Fsp3) is 0.632. The Morgan fingerprint density at radius 2 is 2.00 bits per heavy atom. The summed E-state index contributed by atoms with van der Waals surface area (Å²) >= 11 is 0. The van der Waals surface area contributed by atoms with Gasteiger partial charge in [-0.05, 0) is 24.8 Å². The van der Waals surface area contributed by atoms with Gasteiger partial charge in [0.05, 0.1) is 19.8 Å². The maximum atomic E-state index is 11.3. The van der Waals surface area contributed by atoms with Crippen LogP contribution in [-0.2, 0) is 14.3 Å². The second kappa shape index (κ2) is 8.60. The van der Waals surface area contributed by atoms with Gasteiger partial charge in [0.1, 0.15) is 0 Å². The first-order valence-corrected chi connectivity index (χ1v) is 8.95. The Balaban J connectivity index is 1.42. The van der Waals surface area contributed by atoms with Gasteiger partial charge in [0.15, 0.2) is 0 Å². The number of nitrogens with one attached hydrogen (secondary N) is 1. The standard InChI is InChI=1S/C19H28N2O3/c1-23-18(22)14-21-10-7-17(8-11-21)20-13-16-9-12-24-19(16)15-5-3-2-4-6-15/h2-6,16-17,19-20H,7-14H2,1H3/t16-,19-/m0/s1. The largest absolute Gasteiger partial charge is 0.468 e. The highest BCUT2D eigenvalue weighted by Crippen LogP contribution is 2.34. The monoisotopic (exact) mass is 332 g/mol. The van der Waals surface area contributed by atoms with Crippen LogP contribution >= 0.6 is 0 Å². The molecule has 1 N–H and O–H groups in total. The number of esters is 1. The third kappa shape index (κ3) is 4.56. The molecule has 0 unspecified atom stereocenters. The molecule has 5 nitrogen and oxygen atoms in total. The minimum atomic E-state index is -0.143. The van der Waals surface area contributed by atoms with Gasteiger partial charge in [-0.25, -0.2) is 0 Å². The molecule has 0 bridgehead atoms. The van der Waals surface area contributed by atoms with Crippen molar-refractivity contribution in [2.45, 2.75) is 31.4 Å². The number of carbonyl (C=O) groups is 1. The van der Waals surface area contributed by atoms with Crippen LogP contribution in [-0.4, -0.2) is 56.8 Å². The summed E-state index contributed by atoms with van der Waals surface area (Å²) in [4.78, 5) is 13.5. The molecule has 2 atom stereocenters. The summed E-state index contributed by atoms with van der Waals surface area (Å²) in [7, 11) is 1.45. The van der Waals surface area contributed by atoms with Gasteiger partial charge < -0.3 is 14.8 Å². The molecule has 2 aliphatic rings. The van der Waals surface area contributed by atoms with Gasteiger partial charge >= 0.3 is 5.97 Å². The van der Waals surface area contributed by atoms with Crippen molar-refractivity contribution in [2.24, 2.45) is 5.92 Å². The second-order valence-electron chi connectivity index (χ2n) is 6.79. The van der Waals surface area contributed by atoms with Crippen molar-refractivity contribution in [3.05, 3.63) is 35.9 Å². The van der Waals surface area contributed by atoms with E-state index in [-0.39, 0.29) is 12.1 Å². The zero-order valence-electron chi connectivity index (χ0n) is 14.4. The Morgan fingerprint density at radius 1 is 1.25 bits per heavy atom. The normalized spacial score (nSPS) is 25.7. The molecule has 0 spiro atoms. The van der Waals surface area contributed by atoms with E-state index in [1.165, 1.54) is 12.7 Å². The van der Waals surface area contributed by atoms with Crippen LogP contribution in [0.5, 0.6) is 0 Å². The highest BCUT2D eigenvalue weighted by Gasteiger charge is 2.30. The predicted molar refractivity (Wildman–Crippen MR) is 92.7 cm³/mol. The minimum absolute atomic E-state index is 0.143. The first-order chi connectivity index (χ1) is 11.8. The lowest BCUT2D eigenvalue weighted by atomic mass is 9.94.